The zero-order chi connectivity index (χ0) is 10.3. The number of hydrogen-bond donors (Lipinski definition) is 0. The fraction of sp³-hybridized carbons (Fsp3) is 0.364. The summed E-state index contributed by atoms with van der Waals surface area (Å²) in [5, 5.41) is 0.384. The quantitative estimate of drug-likeness (QED) is 0.690. The molecule has 15 heavy (non-hydrogen) atoms. The summed E-state index contributed by atoms with van der Waals surface area (Å²) in [5.74, 6) is 2.32. The van der Waals surface area contributed by atoms with Crippen molar-refractivity contribution in [2.24, 2.45) is 0 Å². The lowest BCUT2D eigenvalue weighted by atomic mass is 10.2. The summed E-state index contributed by atoms with van der Waals surface area (Å²) in [4.78, 5) is 15.4. The van der Waals surface area contributed by atoms with Gasteiger partial charge in [0.1, 0.15) is 0 Å². The molecule has 4 heteroatoms. The molecular formula is C11H11NOS2. The van der Waals surface area contributed by atoms with Crippen LogP contribution in [0.1, 0.15) is 10.4 Å². The number of amides is 1. The third-order valence-corrected chi connectivity index (χ3v) is 5.33. The minimum absolute atomic E-state index is 0.214. The van der Waals surface area contributed by atoms with Crippen molar-refractivity contribution in [2.45, 2.75) is 10.3 Å². The third kappa shape index (κ3) is 1.56. The number of hydrogen-bond acceptors (Lipinski definition) is 3. The summed E-state index contributed by atoms with van der Waals surface area (Å²) in [5.41, 5.74) is 0.882. The highest BCUT2D eigenvalue weighted by molar-refractivity contribution is 8.03. The van der Waals surface area contributed by atoms with E-state index >= 15 is 0 Å². The van der Waals surface area contributed by atoms with Gasteiger partial charge in [0.15, 0.2) is 0 Å². The summed E-state index contributed by atoms with van der Waals surface area (Å²) in [6, 6.07) is 7.93. The van der Waals surface area contributed by atoms with E-state index in [1.165, 1.54) is 0 Å². The lowest BCUT2D eigenvalue weighted by Crippen LogP contribution is -2.34. The molecule has 0 spiro atoms. The number of fused-ring (bicyclic) bond motifs is 2. The van der Waals surface area contributed by atoms with E-state index in [0.29, 0.717) is 5.37 Å². The molecule has 0 N–H and O–H groups in total. The molecule has 1 fully saturated rings. The number of thioether (sulfide) groups is 2. The van der Waals surface area contributed by atoms with Crippen LogP contribution in [-0.2, 0) is 0 Å². The average Bonchev–Trinajstić information content (AvgIpc) is 2.69. The molecule has 0 radical (unpaired) electrons. The molecule has 0 aliphatic carbocycles. The van der Waals surface area contributed by atoms with Crippen LogP contribution in [0.2, 0.25) is 0 Å². The largest absolute Gasteiger partial charge is 0.325 e. The topological polar surface area (TPSA) is 20.3 Å². The van der Waals surface area contributed by atoms with Gasteiger partial charge in [0, 0.05) is 22.9 Å². The molecule has 1 atom stereocenters. The van der Waals surface area contributed by atoms with Gasteiger partial charge < -0.3 is 4.90 Å². The summed E-state index contributed by atoms with van der Waals surface area (Å²) in [6.45, 7) is 0.906. The van der Waals surface area contributed by atoms with Crippen molar-refractivity contribution in [1.82, 2.24) is 4.90 Å². The Morgan fingerprint density at radius 3 is 3.13 bits per heavy atom. The van der Waals surface area contributed by atoms with E-state index in [0.717, 1.165) is 28.5 Å². The SMILES string of the molecule is O=C1c2ccccc2SCC2SCCN12. The molecule has 2 aliphatic rings. The molecule has 1 saturated heterocycles. The van der Waals surface area contributed by atoms with Crippen LogP contribution >= 0.6 is 23.5 Å². The molecule has 1 aromatic rings. The first-order chi connectivity index (χ1) is 7.36. The molecule has 2 heterocycles. The van der Waals surface area contributed by atoms with Gasteiger partial charge in [0.2, 0.25) is 0 Å². The fourth-order valence-corrected chi connectivity index (χ4v) is 4.51. The standard InChI is InChI=1S/C11H11NOS2/c13-11-8-3-1-2-4-9(8)15-7-10-12(11)5-6-14-10/h1-4,10H,5-7H2. The van der Waals surface area contributed by atoms with Gasteiger partial charge in [-0.2, -0.15) is 0 Å². The van der Waals surface area contributed by atoms with E-state index in [1.54, 1.807) is 11.8 Å². The predicted molar refractivity (Wildman–Crippen MR) is 64.4 cm³/mol. The Labute approximate surface area is 97.4 Å². The van der Waals surface area contributed by atoms with Gasteiger partial charge >= 0.3 is 0 Å². The monoisotopic (exact) mass is 237 g/mol. The van der Waals surface area contributed by atoms with Crippen LogP contribution in [0.5, 0.6) is 0 Å². The molecule has 2 aliphatic heterocycles. The first-order valence-corrected chi connectivity index (χ1v) is 7.04. The van der Waals surface area contributed by atoms with E-state index in [4.69, 9.17) is 0 Å². The Morgan fingerprint density at radius 1 is 1.33 bits per heavy atom. The van der Waals surface area contributed by atoms with Crippen molar-refractivity contribution in [2.75, 3.05) is 18.1 Å². The molecular weight excluding hydrogens is 226 g/mol. The van der Waals surface area contributed by atoms with Gasteiger partial charge in [0.05, 0.1) is 10.9 Å². The van der Waals surface area contributed by atoms with Crippen molar-refractivity contribution < 1.29 is 4.79 Å². The van der Waals surface area contributed by atoms with Gasteiger partial charge in [-0.1, -0.05) is 12.1 Å². The van der Waals surface area contributed by atoms with Crippen LogP contribution in [0.3, 0.4) is 0 Å². The van der Waals surface area contributed by atoms with Crippen LogP contribution in [0.4, 0.5) is 0 Å². The molecule has 0 saturated carbocycles. The minimum atomic E-state index is 0.214. The maximum Gasteiger partial charge on any atom is 0.255 e. The van der Waals surface area contributed by atoms with E-state index in [-0.39, 0.29) is 5.91 Å². The number of nitrogens with zero attached hydrogens (tertiary/aromatic N) is 1. The molecule has 78 valence electrons. The molecule has 2 nitrogen and oxygen atoms in total. The summed E-state index contributed by atoms with van der Waals surface area (Å²) in [7, 11) is 0. The lowest BCUT2D eigenvalue weighted by molar-refractivity contribution is 0.0769. The number of benzene rings is 1. The van der Waals surface area contributed by atoms with Crippen LogP contribution in [0.15, 0.2) is 29.2 Å². The van der Waals surface area contributed by atoms with Crippen molar-refractivity contribution in [3.63, 3.8) is 0 Å². The van der Waals surface area contributed by atoms with Gasteiger partial charge in [-0.05, 0) is 12.1 Å². The van der Waals surface area contributed by atoms with E-state index < -0.39 is 0 Å². The van der Waals surface area contributed by atoms with Crippen molar-refractivity contribution in [3.8, 4) is 0 Å². The molecule has 1 unspecified atom stereocenters. The van der Waals surface area contributed by atoms with E-state index in [9.17, 15) is 4.79 Å². The second-order valence-corrected chi connectivity index (χ2v) is 5.98. The van der Waals surface area contributed by atoms with Crippen molar-refractivity contribution in [3.05, 3.63) is 29.8 Å². The van der Waals surface area contributed by atoms with Crippen molar-refractivity contribution >= 4 is 29.4 Å². The Balaban J connectivity index is 2.04. The van der Waals surface area contributed by atoms with Gasteiger partial charge in [-0.25, -0.2) is 0 Å². The highest BCUT2D eigenvalue weighted by Crippen LogP contribution is 2.36. The van der Waals surface area contributed by atoms with Crippen molar-refractivity contribution in [1.29, 1.82) is 0 Å². The molecule has 3 rings (SSSR count). The number of carbonyl (C=O) groups is 1. The third-order valence-electron chi connectivity index (χ3n) is 2.75. The highest BCUT2D eigenvalue weighted by atomic mass is 32.2. The normalized spacial score (nSPS) is 24.7. The summed E-state index contributed by atoms with van der Waals surface area (Å²) in [6.07, 6.45) is 0. The molecule has 1 aromatic carbocycles. The Hall–Kier alpha value is -0.610. The molecule has 0 aromatic heterocycles. The van der Waals surface area contributed by atoms with E-state index in [2.05, 4.69) is 0 Å². The Kier molecular flexibility index (Phi) is 2.41. The van der Waals surface area contributed by atoms with Gasteiger partial charge in [-0.15, -0.1) is 23.5 Å². The average molecular weight is 237 g/mol. The molecule has 1 amide bonds. The summed E-state index contributed by atoms with van der Waals surface area (Å²) >= 11 is 3.70. The number of rotatable bonds is 0. The Morgan fingerprint density at radius 2 is 2.20 bits per heavy atom. The Bertz CT molecular complexity index is 407. The second kappa shape index (κ2) is 3.76. The van der Waals surface area contributed by atoms with E-state index in [1.807, 2.05) is 40.9 Å². The second-order valence-electron chi connectivity index (χ2n) is 3.63. The first-order valence-electron chi connectivity index (χ1n) is 5.00. The summed E-state index contributed by atoms with van der Waals surface area (Å²) < 4.78 is 0. The molecule has 0 bridgehead atoms. The first kappa shape index (κ1) is 9.60. The minimum Gasteiger partial charge on any atom is -0.325 e. The van der Waals surface area contributed by atoms with Crippen LogP contribution < -0.4 is 0 Å². The lowest BCUT2D eigenvalue weighted by Gasteiger charge is -2.20. The van der Waals surface area contributed by atoms with Gasteiger partial charge in [0.25, 0.3) is 5.91 Å². The van der Waals surface area contributed by atoms with Crippen LogP contribution in [0.25, 0.3) is 0 Å². The maximum absolute atomic E-state index is 12.2. The fourth-order valence-electron chi connectivity index (χ4n) is 1.98. The maximum atomic E-state index is 12.2. The van der Waals surface area contributed by atoms with Crippen LogP contribution in [0, 0.1) is 0 Å². The highest BCUT2D eigenvalue weighted by Gasteiger charge is 2.33. The van der Waals surface area contributed by atoms with Gasteiger partial charge in [-0.3, -0.25) is 4.79 Å². The predicted octanol–water partition coefficient (Wildman–Crippen LogP) is 2.31. The zero-order valence-corrected chi connectivity index (χ0v) is 9.81. The van der Waals surface area contributed by atoms with Crippen LogP contribution in [-0.4, -0.2) is 34.2 Å². The number of carbonyl (C=O) groups excluding carboxylic acids is 1. The zero-order valence-electron chi connectivity index (χ0n) is 8.18. The smallest absolute Gasteiger partial charge is 0.255 e.